The Hall–Kier alpha value is -0.260. The Bertz CT molecular complexity index is 178. The van der Waals surface area contributed by atoms with E-state index >= 15 is 0 Å². The number of allylic oxidation sites excluding steroid dienone is 2. The Balaban J connectivity index is 2.31. The van der Waals surface area contributed by atoms with Gasteiger partial charge >= 0.3 is 0 Å². The SMILES string of the molecule is CC1=CC[C@H]2CCC[C@@]12C. The molecule has 0 heteroatoms. The predicted molar refractivity (Wildman–Crippen MR) is 43.8 cm³/mol. The molecule has 2 atom stereocenters. The molecule has 56 valence electrons. The predicted octanol–water partition coefficient (Wildman–Crippen LogP) is 3.14. The van der Waals surface area contributed by atoms with Gasteiger partial charge in [-0.05, 0) is 37.5 Å². The summed E-state index contributed by atoms with van der Waals surface area (Å²) in [4.78, 5) is 0. The minimum Gasteiger partial charge on any atom is -0.0847 e. The molecular weight excluding hydrogens is 120 g/mol. The van der Waals surface area contributed by atoms with Gasteiger partial charge in [0.1, 0.15) is 0 Å². The van der Waals surface area contributed by atoms with E-state index in [2.05, 4.69) is 19.9 Å². The van der Waals surface area contributed by atoms with Crippen LogP contribution in [0.4, 0.5) is 0 Å². The Labute approximate surface area is 63.3 Å². The average molecular weight is 136 g/mol. The van der Waals surface area contributed by atoms with Crippen LogP contribution in [0.1, 0.15) is 39.5 Å². The van der Waals surface area contributed by atoms with Crippen molar-refractivity contribution in [2.45, 2.75) is 39.5 Å². The first-order valence-electron chi connectivity index (χ1n) is 4.41. The second-order valence-electron chi connectivity index (χ2n) is 4.13. The Kier molecular flexibility index (Phi) is 1.21. The molecular formula is C10H16. The molecule has 0 aliphatic heterocycles. The molecule has 0 unspecified atom stereocenters. The lowest BCUT2D eigenvalue weighted by Crippen LogP contribution is -2.17. The van der Waals surface area contributed by atoms with E-state index < -0.39 is 0 Å². The van der Waals surface area contributed by atoms with Gasteiger partial charge in [0.15, 0.2) is 0 Å². The van der Waals surface area contributed by atoms with Gasteiger partial charge in [0, 0.05) is 0 Å². The van der Waals surface area contributed by atoms with Crippen LogP contribution in [0.3, 0.4) is 0 Å². The molecule has 0 heterocycles. The Morgan fingerprint density at radius 2 is 2.40 bits per heavy atom. The van der Waals surface area contributed by atoms with E-state index in [1.807, 2.05) is 0 Å². The molecule has 0 aromatic carbocycles. The fourth-order valence-electron chi connectivity index (χ4n) is 2.69. The fraction of sp³-hybridized carbons (Fsp3) is 0.800. The quantitative estimate of drug-likeness (QED) is 0.449. The van der Waals surface area contributed by atoms with Crippen LogP contribution in [-0.4, -0.2) is 0 Å². The third-order valence-corrected chi connectivity index (χ3v) is 3.76. The van der Waals surface area contributed by atoms with Crippen LogP contribution < -0.4 is 0 Å². The lowest BCUT2D eigenvalue weighted by Gasteiger charge is -2.26. The molecule has 0 N–H and O–H groups in total. The standard InChI is InChI=1S/C10H16/c1-8-5-6-9-4-3-7-10(8,9)2/h5,9H,3-4,6-7H2,1-2H3/t9-,10+/m1/s1. The summed E-state index contributed by atoms with van der Waals surface area (Å²) in [5, 5.41) is 0. The van der Waals surface area contributed by atoms with E-state index in [-0.39, 0.29) is 0 Å². The van der Waals surface area contributed by atoms with E-state index in [1.165, 1.54) is 25.7 Å². The maximum Gasteiger partial charge on any atom is -0.00880 e. The zero-order chi connectivity index (χ0) is 7.19. The van der Waals surface area contributed by atoms with Crippen molar-refractivity contribution in [3.63, 3.8) is 0 Å². The summed E-state index contributed by atoms with van der Waals surface area (Å²) in [6.45, 7) is 4.76. The largest absolute Gasteiger partial charge is 0.0847 e. The molecule has 0 saturated heterocycles. The molecule has 2 aliphatic rings. The summed E-state index contributed by atoms with van der Waals surface area (Å²) >= 11 is 0. The summed E-state index contributed by atoms with van der Waals surface area (Å²) in [5.74, 6) is 1.01. The fourth-order valence-corrected chi connectivity index (χ4v) is 2.69. The van der Waals surface area contributed by atoms with Gasteiger partial charge in [-0.2, -0.15) is 0 Å². The first kappa shape index (κ1) is 6.45. The molecule has 10 heavy (non-hydrogen) atoms. The molecule has 2 aliphatic carbocycles. The molecule has 0 spiro atoms. The van der Waals surface area contributed by atoms with Crippen LogP contribution in [0.5, 0.6) is 0 Å². The van der Waals surface area contributed by atoms with Crippen LogP contribution in [0.25, 0.3) is 0 Å². The van der Waals surface area contributed by atoms with Crippen molar-refractivity contribution < 1.29 is 0 Å². The van der Waals surface area contributed by atoms with E-state index in [1.54, 1.807) is 5.57 Å². The summed E-state index contributed by atoms with van der Waals surface area (Å²) in [6, 6.07) is 0. The molecule has 2 rings (SSSR count). The Morgan fingerprint density at radius 1 is 1.60 bits per heavy atom. The molecule has 0 aromatic heterocycles. The zero-order valence-corrected chi connectivity index (χ0v) is 6.98. The van der Waals surface area contributed by atoms with Gasteiger partial charge in [-0.3, -0.25) is 0 Å². The molecule has 0 amide bonds. The maximum absolute atomic E-state index is 2.45. The highest BCUT2D eigenvalue weighted by molar-refractivity contribution is 5.21. The molecule has 0 bridgehead atoms. The van der Waals surface area contributed by atoms with Gasteiger partial charge in [-0.15, -0.1) is 0 Å². The van der Waals surface area contributed by atoms with Crippen LogP contribution in [0.2, 0.25) is 0 Å². The molecule has 0 nitrogen and oxygen atoms in total. The minimum absolute atomic E-state index is 0.625. The number of hydrogen-bond acceptors (Lipinski definition) is 0. The van der Waals surface area contributed by atoms with Crippen molar-refractivity contribution in [3.8, 4) is 0 Å². The second kappa shape index (κ2) is 1.87. The lowest BCUT2D eigenvalue weighted by atomic mass is 9.79. The smallest absolute Gasteiger partial charge is 0.00880 e. The molecule has 1 saturated carbocycles. The van der Waals surface area contributed by atoms with Crippen molar-refractivity contribution in [2.24, 2.45) is 11.3 Å². The number of hydrogen-bond donors (Lipinski definition) is 0. The molecule has 1 fully saturated rings. The Morgan fingerprint density at radius 3 is 3.10 bits per heavy atom. The van der Waals surface area contributed by atoms with Gasteiger partial charge in [0.05, 0.1) is 0 Å². The highest BCUT2D eigenvalue weighted by Crippen LogP contribution is 2.53. The van der Waals surface area contributed by atoms with E-state index in [0.29, 0.717) is 5.41 Å². The molecule has 0 aromatic rings. The van der Waals surface area contributed by atoms with E-state index in [9.17, 15) is 0 Å². The van der Waals surface area contributed by atoms with Crippen molar-refractivity contribution in [2.75, 3.05) is 0 Å². The maximum atomic E-state index is 2.45. The van der Waals surface area contributed by atoms with Crippen molar-refractivity contribution in [3.05, 3.63) is 11.6 Å². The average Bonchev–Trinajstić information content (AvgIpc) is 2.36. The van der Waals surface area contributed by atoms with E-state index in [4.69, 9.17) is 0 Å². The topological polar surface area (TPSA) is 0 Å². The third-order valence-electron chi connectivity index (χ3n) is 3.76. The summed E-state index contributed by atoms with van der Waals surface area (Å²) in [7, 11) is 0. The van der Waals surface area contributed by atoms with Crippen LogP contribution in [0, 0.1) is 11.3 Å². The minimum atomic E-state index is 0.625. The second-order valence-corrected chi connectivity index (χ2v) is 4.13. The summed E-state index contributed by atoms with van der Waals surface area (Å²) in [6.07, 6.45) is 8.20. The molecule has 0 radical (unpaired) electrons. The van der Waals surface area contributed by atoms with Crippen LogP contribution in [-0.2, 0) is 0 Å². The number of rotatable bonds is 0. The monoisotopic (exact) mass is 136 g/mol. The summed E-state index contributed by atoms with van der Waals surface area (Å²) in [5.41, 5.74) is 2.29. The highest BCUT2D eigenvalue weighted by atomic mass is 14.5. The van der Waals surface area contributed by atoms with Crippen molar-refractivity contribution in [1.29, 1.82) is 0 Å². The van der Waals surface area contributed by atoms with Gasteiger partial charge in [0.2, 0.25) is 0 Å². The first-order chi connectivity index (χ1) is 4.73. The lowest BCUT2D eigenvalue weighted by molar-refractivity contribution is 0.315. The normalized spacial score (nSPS) is 45.4. The van der Waals surface area contributed by atoms with Crippen LogP contribution >= 0.6 is 0 Å². The van der Waals surface area contributed by atoms with Crippen LogP contribution in [0.15, 0.2) is 11.6 Å². The van der Waals surface area contributed by atoms with Gasteiger partial charge in [-0.25, -0.2) is 0 Å². The zero-order valence-electron chi connectivity index (χ0n) is 6.98. The van der Waals surface area contributed by atoms with Gasteiger partial charge in [0.25, 0.3) is 0 Å². The first-order valence-corrected chi connectivity index (χ1v) is 4.41. The van der Waals surface area contributed by atoms with E-state index in [0.717, 1.165) is 5.92 Å². The van der Waals surface area contributed by atoms with Crippen molar-refractivity contribution in [1.82, 2.24) is 0 Å². The number of fused-ring (bicyclic) bond motifs is 1. The highest BCUT2D eigenvalue weighted by Gasteiger charge is 2.42. The summed E-state index contributed by atoms with van der Waals surface area (Å²) < 4.78 is 0. The van der Waals surface area contributed by atoms with Gasteiger partial charge < -0.3 is 0 Å². The third kappa shape index (κ3) is 0.624. The van der Waals surface area contributed by atoms with Gasteiger partial charge in [-0.1, -0.05) is 25.0 Å². The van der Waals surface area contributed by atoms with Crippen molar-refractivity contribution >= 4 is 0 Å².